The molecule has 0 spiro atoms. The third-order valence-corrected chi connectivity index (χ3v) is 2.98. The summed E-state index contributed by atoms with van der Waals surface area (Å²) in [6.45, 7) is 1.43. The molecule has 2 aromatic carbocycles. The van der Waals surface area contributed by atoms with Gasteiger partial charge in [-0.3, -0.25) is 0 Å². The lowest BCUT2D eigenvalue weighted by molar-refractivity contribution is 1.22. The fourth-order valence-corrected chi connectivity index (χ4v) is 2.07. The number of nitrogen functional groups attached to an aromatic ring is 1. The molecule has 3 N–H and O–H groups in total. The first kappa shape index (κ1) is 15.5. The molecule has 5 nitrogen and oxygen atoms in total. The molecule has 3 aromatic rings. The van der Waals surface area contributed by atoms with E-state index in [0.29, 0.717) is 16.5 Å². The number of nitriles is 1. The second-order valence-electron chi connectivity index (χ2n) is 4.36. The highest BCUT2D eigenvalue weighted by Crippen LogP contribution is 2.25. The molecular formula is C16H14ClN5. The summed E-state index contributed by atoms with van der Waals surface area (Å²) in [7, 11) is 0. The standard InChI is InChI=1S/C14H11ClN4.C2H3N/c15-9-2-1-3-11(6-9)19-14-12-7-10(16)4-5-13(12)17-8-18-14;1-2-3/h1-8H,16H2,(H,17,18,19);1H3. The Morgan fingerprint density at radius 3 is 2.68 bits per heavy atom. The van der Waals surface area contributed by atoms with Crippen molar-refractivity contribution in [3.8, 4) is 6.07 Å². The molecule has 1 heterocycles. The van der Waals surface area contributed by atoms with Gasteiger partial charge in [-0.15, -0.1) is 0 Å². The topological polar surface area (TPSA) is 87.6 Å². The van der Waals surface area contributed by atoms with Gasteiger partial charge in [-0.1, -0.05) is 17.7 Å². The Morgan fingerprint density at radius 1 is 1.18 bits per heavy atom. The van der Waals surface area contributed by atoms with Gasteiger partial charge in [-0.25, -0.2) is 9.97 Å². The number of hydrogen-bond donors (Lipinski definition) is 2. The van der Waals surface area contributed by atoms with Gasteiger partial charge in [0, 0.05) is 28.7 Å². The van der Waals surface area contributed by atoms with E-state index in [1.165, 1.54) is 13.3 Å². The molecular weight excluding hydrogens is 298 g/mol. The number of aromatic nitrogens is 2. The Balaban J connectivity index is 0.000000545. The maximum absolute atomic E-state index is 7.32. The molecule has 0 bridgehead atoms. The average molecular weight is 312 g/mol. The van der Waals surface area contributed by atoms with Gasteiger partial charge in [0.1, 0.15) is 12.1 Å². The molecule has 0 aliphatic carbocycles. The highest BCUT2D eigenvalue weighted by Gasteiger charge is 2.04. The van der Waals surface area contributed by atoms with Gasteiger partial charge in [-0.05, 0) is 36.4 Å². The molecule has 6 heteroatoms. The summed E-state index contributed by atoms with van der Waals surface area (Å²) < 4.78 is 0. The van der Waals surface area contributed by atoms with Gasteiger partial charge >= 0.3 is 0 Å². The van der Waals surface area contributed by atoms with Crippen LogP contribution in [0.25, 0.3) is 10.9 Å². The highest BCUT2D eigenvalue weighted by molar-refractivity contribution is 6.30. The lowest BCUT2D eigenvalue weighted by atomic mass is 10.2. The number of anilines is 3. The number of fused-ring (bicyclic) bond motifs is 1. The summed E-state index contributed by atoms with van der Waals surface area (Å²) in [4.78, 5) is 8.46. The molecule has 0 aliphatic rings. The Labute approximate surface area is 133 Å². The number of nitrogens with one attached hydrogen (secondary N) is 1. The van der Waals surface area contributed by atoms with Crippen molar-refractivity contribution >= 4 is 39.7 Å². The Bertz CT molecular complexity index is 826. The Morgan fingerprint density at radius 2 is 1.95 bits per heavy atom. The van der Waals surface area contributed by atoms with Crippen LogP contribution >= 0.6 is 11.6 Å². The molecule has 110 valence electrons. The van der Waals surface area contributed by atoms with Crippen LogP contribution in [0.15, 0.2) is 48.8 Å². The number of rotatable bonds is 2. The zero-order valence-corrected chi connectivity index (χ0v) is 12.7. The van der Waals surface area contributed by atoms with Crippen LogP contribution in [-0.2, 0) is 0 Å². The molecule has 0 atom stereocenters. The summed E-state index contributed by atoms with van der Waals surface area (Å²) in [6, 6.07) is 14.7. The number of nitrogens with zero attached hydrogens (tertiary/aromatic N) is 3. The summed E-state index contributed by atoms with van der Waals surface area (Å²) in [6.07, 6.45) is 1.52. The predicted molar refractivity (Wildman–Crippen MR) is 90.0 cm³/mol. The van der Waals surface area contributed by atoms with E-state index in [2.05, 4.69) is 15.3 Å². The van der Waals surface area contributed by atoms with Crippen molar-refractivity contribution in [2.24, 2.45) is 0 Å². The Hall–Kier alpha value is -2.84. The van der Waals surface area contributed by atoms with E-state index >= 15 is 0 Å². The van der Waals surface area contributed by atoms with Crippen molar-refractivity contribution in [3.63, 3.8) is 0 Å². The predicted octanol–water partition coefficient (Wildman–Crippen LogP) is 4.14. The van der Waals surface area contributed by atoms with E-state index < -0.39 is 0 Å². The molecule has 22 heavy (non-hydrogen) atoms. The summed E-state index contributed by atoms with van der Waals surface area (Å²) in [5.41, 5.74) is 8.19. The monoisotopic (exact) mass is 311 g/mol. The quantitative estimate of drug-likeness (QED) is 0.694. The van der Waals surface area contributed by atoms with E-state index in [4.69, 9.17) is 22.6 Å². The van der Waals surface area contributed by atoms with Crippen LogP contribution in [-0.4, -0.2) is 9.97 Å². The van der Waals surface area contributed by atoms with Crippen molar-refractivity contribution < 1.29 is 0 Å². The first-order valence-electron chi connectivity index (χ1n) is 6.47. The fourth-order valence-electron chi connectivity index (χ4n) is 1.88. The maximum Gasteiger partial charge on any atom is 0.141 e. The summed E-state index contributed by atoms with van der Waals surface area (Å²) in [5, 5.41) is 12.1. The van der Waals surface area contributed by atoms with E-state index in [1.54, 1.807) is 6.07 Å². The third-order valence-electron chi connectivity index (χ3n) is 2.75. The molecule has 0 saturated heterocycles. The Kier molecular flexibility index (Phi) is 5.12. The lowest BCUT2D eigenvalue weighted by Gasteiger charge is -2.08. The molecule has 0 fully saturated rings. The van der Waals surface area contributed by atoms with Crippen molar-refractivity contribution in [2.75, 3.05) is 11.1 Å². The van der Waals surface area contributed by atoms with Crippen LogP contribution < -0.4 is 11.1 Å². The lowest BCUT2D eigenvalue weighted by Crippen LogP contribution is -1.96. The second kappa shape index (κ2) is 7.25. The number of halogens is 1. The van der Waals surface area contributed by atoms with Gasteiger partial charge in [0.2, 0.25) is 0 Å². The number of nitrogens with two attached hydrogens (primary N) is 1. The van der Waals surface area contributed by atoms with Gasteiger partial charge in [0.05, 0.1) is 11.6 Å². The van der Waals surface area contributed by atoms with Gasteiger partial charge in [0.15, 0.2) is 0 Å². The molecule has 0 radical (unpaired) electrons. The molecule has 0 aliphatic heterocycles. The van der Waals surface area contributed by atoms with Crippen molar-refractivity contribution in [1.82, 2.24) is 9.97 Å². The first-order valence-corrected chi connectivity index (χ1v) is 6.85. The van der Waals surface area contributed by atoms with Crippen molar-refractivity contribution in [3.05, 3.63) is 53.8 Å². The van der Waals surface area contributed by atoms with E-state index in [-0.39, 0.29) is 0 Å². The zero-order chi connectivity index (χ0) is 15.9. The minimum atomic E-state index is 0.669. The van der Waals surface area contributed by atoms with E-state index in [0.717, 1.165) is 16.6 Å². The van der Waals surface area contributed by atoms with Crippen LogP contribution in [0, 0.1) is 11.3 Å². The smallest absolute Gasteiger partial charge is 0.141 e. The number of benzene rings is 2. The van der Waals surface area contributed by atoms with Crippen LogP contribution in [0.3, 0.4) is 0 Å². The maximum atomic E-state index is 7.32. The van der Waals surface area contributed by atoms with Crippen LogP contribution in [0.1, 0.15) is 6.92 Å². The zero-order valence-electron chi connectivity index (χ0n) is 11.9. The van der Waals surface area contributed by atoms with Gasteiger partial charge in [0.25, 0.3) is 0 Å². The van der Waals surface area contributed by atoms with Crippen LogP contribution in [0.4, 0.5) is 17.2 Å². The van der Waals surface area contributed by atoms with Gasteiger partial charge in [-0.2, -0.15) is 5.26 Å². The molecule has 0 amide bonds. The van der Waals surface area contributed by atoms with Crippen LogP contribution in [0.2, 0.25) is 5.02 Å². The average Bonchev–Trinajstić information content (AvgIpc) is 2.49. The van der Waals surface area contributed by atoms with Crippen molar-refractivity contribution in [1.29, 1.82) is 5.26 Å². The first-order chi connectivity index (χ1) is 10.6. The molecule has 1 aromatic heterocycles. The van der Waals surface area contributed by atoms with E-state index in [9.17, 15) is 0 Å². The molecule has 3 rings (SSSR count). The van der Waals surface area contributed by atoms with Crippen molar-refractivity contribution in [2.45, 2.75) is 6.92 Å². The largest absolute Gasteiger partial charge is 0.399 e. The highest BCUT2D eigenvalue weighted by atomic mass is 35.5. The summed E-state index contributed by atoms with van der Waals surface area (Å²) >= 11 is 5.96. The third kappa shape index (κ3) is 3.84. The molecule has 0 unspecified atom stereocenters. The minimum absolute atomic E-state index is 0.669. The number of hydrogen-bond acceptors (Lipinski definition) is 5. The fraction of sp³-hybridized carbons (Fsp3) is 0.0625. The normalized spacial score (nSPS) is 9.50. The summed E-state index contributed by atoms with van der Waals surface area (Å²) in [5.74, 6) is 0.708. The van der Waals surface area contributed by atoms with Crippen LogP contribution in [0.5, 0.6) is 0 Å². The molecule has 0 saturated carbocycles. The SMILES string of the molecule is CC#N.Nc1ccc2ncnc(Nc3cccc(Cl)c3)c2c1. The van der Waals surface area contributed by atoms with E-state index in [1.807, 2.05) is 42.5 Å². The second-order valence-corrected chi connectivity index (χ2v) is 4.79. The minimum Gasteiger partial charge on any atom is -0.399 e. The van der Waals surface area contributed by atoms with Gasteiger partial charge < -0.3 is 11.1 Å².